The molecule has 0 saturated heterocycles. The van der Waals surface area contributed by atoms with E-state index in [0.29, 0.717) is 11.3 Å². The lowest BCUT2D eigenvalue weighted by Gasteiger charge is -2.03. The van der Waals surface area contributed by atoms with Crippen LogP contribution in [0.25, 0.3) is 0 Å². The molecular formula is C17H13BrN2O2. The van der Waals surface area contributed by atoms with E-state index in [2.05, 4.69) is 32.4 Å². The first-order chi connectivity index (χ1) is 10.7. The van der Waals surface area contributed by atoms with E-state index < -0.39 is 0 Å². The Kier molecular flexibility index (Phi) is 5.75. The van der Waals surface area contributed by atoms with Crippen LogP contribution in [-0.4, -0.2) is 18.7 Å². The topological polar surface area (TPSA) is 50.7 Å². The molecule has 2 aromatic carbocycles. The lowest BCUT2D eigenvalue weighted by Crippen LogP contribution is -2.18. The van der Waals surface area contributed by atoms with E-state index in [-0.39, 0.29) is 12.5 Å². The molecule has 0 heterocycles. The Morgan fingerprint density at radius 1 is 1.27 bits per heavy atom. The van der Waals surface area contributed by atoms with Crippen molar-refractivity contribution in [1.29, 1.82) is 0 Å². The third-order valence-corrected chi connectivity index (χ3v) is 3.39. The zero-order valence-corrected chi connectivity index (χ0v) is 13.2. The SMILES string of the molecule is C#CCOc1ccc(/C=N\NC(=O)c2ccccc2Br)cc1. The predicted octanol–water partition coefficient (Wildman–Crippen LogP) is 3.23. The molecule has 0 aromatic heterocycles. The minimum absolute atomic E-state index is 0.232. The highest BCUT2D eigenvalue weighted by Gasteiger charge is 2.07. The van der Waals surface area contributed by atoms with E-state index in [0.717, 1.165) is 10.0 Å². The van der Waals surface area contributed by atoms with Gasteiger partial charge in [-0.15, -0.1) is 6.42 Å². The van der Waals surface area contributed by atoms with Crippen molar-refractivity contribution in [1.82, 2.24) is 5.43 Å². The summed E-state index contributed by atoms with van der Waals surface area (Å²) in [5.74, 6) is 2.81. The number of nitrogens with one attached hydrogen (secondary N) is 1. The van der Waals surface area contributed by atoms with Gasteiger partial charge in [0.15, 0.2) is 0 Å². The highest BCUT2D eigenvalue weighted by Crippen LogP contribution is 2.15. The zero-order chi connectivity index (χ0) is 15.8. The molecule has 0 saturated carbocycles. The van der Waals surface area contributed by atoms with Crippen molar-refractivity contribution in [3.05, 3.63) is 64.1 Å². The Labute approximate surface area is 137 Å². The Bertz CT molecular complexity index is 718. The van der Waals surface area contributed by atoms with Gasteiger partial charge >= 0.3 is 0 Å². The molecule has 0 atom stereocenters. The summed E-state index contributed by atoms with van der Waals surface area (Å²) < 4.78 is 5.99. The molecule has 0 radical (unpaired) electrons. The van der Waals surface area contributed by atoms with Crippen LogP contribution in [0.15, 0.2) is 58.1 Å². The minimum Gasteiger partial charge on any atom is -0.481 e. The van der Waals surface area contributed by atoms with Gasteiger partial charge in [0, 0.05) is 4.47 Å². The lowest BCUT2D eigenvalue weighted by molar-refractivity contribution is 0.0954. The number of benzene rings is 2. The first-order valence-corrected chi connectivity index (χ1v) is 7.24. The number of carbonyl (C=O) groups excluding carboxylic acids is 1. The number of hydrogen-bond acceptors (Lipinski definition) is 3. The van der Waals surface area contributed by atoms with Crippen LogP contribution in [0.5, 0.6) is 5.75 Å². The van der Waals surface area contributed by atoms with Gasteiger partial charge in [-0.2, -0.15) is 5.10 Å². The van der Waals surface area contributed by atoms with Gasteiger partial charge < -0.3 is 4.74 Å². The van der Waals surface area contributed by atoms with Crippen LogP contribution in [0.3, 0.4) is 0 Å². The standard InChI is InChI=1S/C17H13BrN2O2/c1-2-11-22-14-9-7-13(8-10-14)12-19-20-17(21)15-5-3-4-6-16(15)18/h1,3-10,12H,11H2,(H,20,21)/b19-12-. The molecule has 1 amide bonds. The largest absolute Gasteiger partial charge is 0.481 e. The summed E-state index contributed by atoms with van der Waals surface area (Å²) >= 11 is 3.32. The monoisotopic (exact) mass is 356 g/mol. The summed E-state index contributed by atoms with van der Waals surface area (Å²) in [6.45, 7) is 0.232. The van der Waals surface area contributed by atoms with Crippen molar-refractivity contribution in [2.45, 2.75) is 0 Å². The molecule has 1 N–H and O–H groups in total. The Balaban J connectivity index is 1.94. The molecule has 2 rings (SSSR count). The van der Waals surface area contributed by atoms with Crippen LogP contribution in [0.2, 0.25) is 0 Å². The number of amides is 1. The number of carbonyl (C=O) groups is 1. The molecule has 4 nitrogen and oxygen atoms in total. The Morgan fingerprint density at radius 2 is 2.00 bits per heavy atom. The number of hydrazone groups is 1. The van der Waals surface area contributed by atoms with E-state index in [1.54, 1.807) is 36.5 Å². The van der Waals surface area contributed by atoms with E-state index >= 15 is 0 Å². The first kappa shape index (κ1) is 15.8. The molecular weight excluding hydrogens is 344 g/mol. The predicted molar refractivity (Wildman–Crippen MR) is 90.0 cm³/mol. The number of terminal acetylenes is 1. The van der Waals surface area contributed by atoms with Crippen molar-refractivity contribution in [3.8, 4) is 18.1 Å². The van der Waals surface area contributed by atoms with E-state index in [1.807, 2.05) is 18.2 Å². The van der Waals surface area contributed by atoms with Gasteiger partial charge in [-0.1, -0.05) is 18.1 Å². The van der Waals surface area contributed by atoms with Crippen LogP contribution in [0.4, 0.5) is 0 Å². The van der Waals surface area contributed by atoms with Crippen LogP contribution in [0.1, 0.15) is 15.9 Å². The number of halogens is 1. The Morgan fingerprint density at radius 3 is 2.68 bits per heavy atom. The summed E-state index contributed by atoms with van der Waals surface area (Å²) in [5, 5.41) is 3.93. The maximum absolute atomic E-state index is 11.9. The summed E-state index contributed by atoms with van der Waals surface area (Å²) in [6, 6.07) is 14.4. The van der Waals surface area contributed by atoms with Crippen LogP contribution >= 0.6 is 15.9 Å². The van der Waals surface area contributed by atoms with Crippen LogP contribution in [0, 0.1) is 12.3 Å². The quantitative estimate of drug-likeness (QED) is 0.508. The van der Waals surface area contributed by atoms with E-state index in [9.17, 15) is 4.79 Å². The van der Waals surface area contributed by atoms with Gasteiger partial charge in [-0.3, -0.25) is 4.79 Å². The summed E-state index contributed by atoms with van der Waals surface area (Å²) in [6.07, 6.45) is 6.67. The van der Waals surface area contributed by atoms with Crippen LogP contribution in [-0.2, 0) is 0 Å². The van der Waals surface area contributed by atoms with Crippen molar-refractivity contribution in [2.75, 3.05) is 6.61 Å². The average Bonchev–Trinajstić information content (AvgIpc) is 2.54. The van der Waals surface area contributed by atoms with Crippen molar-refractivity contribution in [3.63, 3.8) is 0 Å². The number of nitrogens with zero attached hydrogens (tertiary/aromatic N) is 1. The normalized spacial score (nSPS) is 10.2. The fourth-order valence-electron chi connectivity index (χ4n) is 1.65. The molecule has 0 aliphatic rings. The number of rotatable bonds is 5. The molecule has 0 aliphatic carbocycles. The highest BCUT2D eigenvalue weighted by atomic mass is 79.9. The molecule has 0 aliphatic heterocycles. The van der Waals surface area contributed by atoms with Gasteiger partial charge in [-0.25, -0.2) is 5.43 Å². The van der Waals surface area contributed by atoms with Gasteiger partial charge in [-0.05, 0) is 57.9 Å². The number of ether oxygens (including phenoxy) is 1. The molecule has 0 fully saturated rings. The first-order valence-electron chi connectivity index (χ1n) is 6.45. The molecule has 0 unspecified atom stereocenters. The number of hydrogen-bond donors (Lipinski definition) is 1. The highest BCUT2D eigenvalue weighted by molar-refractivity contribution is 9.10. The van der Waals surface area contributed by atoms with Gasteiger partial charge in [0.1, 0.15) is 12.4 Å². The lowest BCUT2D eigenvalue weighted by atomic mass is 10.2. The molecule has 0 spiro atoms. The molecule has 110 valence electrons. The zero-order valence-electron chi connectivity index (χ0n) is 11.6. The fourth-order valence-corrected chi connectivity index (χ4v) is 2.11. The van der Waals surface area contributed by atoms with Gasteiger partial charge in [0.2, 0.25) is 0 Å². The second-order valence-corrected chi connectivity index (χ2v) is 5.10. The van der Waals surface area contributed by atoms with Crippen molar-refractivity contribution < 1.29 is 9.53 Å². The molecule has 2 aromatic rings. The van der Waals surface area contributed by atoms with Gasteiger partial charge in [0.25, 0.3) is 5.91 Å². The van der Waals surface area contributed by atoms with E-state index in [4.69, 9.17) is 11.2 Å². The minimum atomic E-state index is -0.280. The molecule has 5 heteroatoms. The average molecular weight is 357 g/mol. The molecule has 0 bridgehead atoms. The third kappa shape index (κ3) is 4.47. The summed E-state index contributed by atoms with van der Waals surface area (Å²) in [7, 11) is 0. The molecule has 22 heavy (non-hydrogen) atoms. The second kappa shape index (κ2) is 8.01. The summed E-state index contributed by atoms with van der Waals surface area (Å²) in [5.41, 5.74) is 3.84. The third-order valence-electron chi connectivity index (χ3n) is 2.70. The maximum Gasteiger partial charge on any atom is 0.272 e. The maximum atomic E-state index is 11.9. The van der Waals surface area contributed by atoms with E-state index in [1.165, 1.54) is 0 Å². The van der Waals surface area contributed by atoms with Crippen LogP contribution < -0.4 is 10.2 Å². The van der Waals surface area contributed by atoms with Crippen molar-refractivity contribution in [2.24, 2.45) is 5.10 Å². The smallest absolute Gasteiger partial charge is 0.272 e. The van der Waals surface area contributed by atoms with Gasteiger partial charge in [0.05, 0.1) is 11.8 Å². The fraction of sp³-hybridized carbons (Fsp3) is 0.0588. The van der Waals surface area contributed by atoms with Crippen molar-refractivity contribution >= 4 is 28.1 Å². The Hall–Kier alpha value is -2.58. The second-order valence-electron chi connectivity index (χ2n) is 4.24. The summed E-state index contributed by atoms with van der Waals surface area (Å²) in [4.78, 5) is 11.9.